The summed E-state index contributed by atoms with van der Waals surface area (Å²) in [6.45, 7) is 6.52. The fourth-order valence-corrected chi connectivity index (χ4v) is 1.40. The maximum Gasteiger partial charge on any atom is 0.260 e. The van der Waals surface area contributed by atoms with Crippen LogP contribution < -0.4 is 10.1 Å². The second-order valence-corrected chi connectivity index (χ2v) is 4.69. The Hall–Kier alpha value is -1.58. The molecule has 0 aliphatic carbocycles. The normalized spacial score (nSPS) is 12.3. The molecule has 1 unspecified atom stereocenters. The van der Waals surface area contributed by atoms with Gasteiger partial charge in [-0.25, -0.2) is 4.39 Å². The van der Waals surface area contributed by atoms with Crippen LogP contribution in [-0.4, -0.2) is 18.6 Å². The van der Waals surface area contributed by atoms with Crippen LogP contribution >= 0.6 is 0 Å². The topological polar surface area (TPSA) is 38.3 Å². The van der Waals surface area contributed by atoms with Crippen molar-refractivity contribution in [3.05, 3.63) is 30.1 Å². The Labute approximate surface area is 107 Å². The highest BCUT2D eigenvalue weighted by molar-refractivity contribution is 5.80. The first kappa shape index (κ1) is 14.5. The molecule has 0 saturated carbocycles. The van der Waals surface area contributed by atoms with E-state index in [1.54, 1.807) is 6.92 Å². The van der Waals surface area contributed by atoms with Gasteiger partial charge in [0.05, 0.1) is 0 Å². The quantitative estimate of drug-likeness (QED) is 0.846. The Bertz CT molecular complexity index is 376. The molecule has 1 N–H and O–H groups in total. The highest BCUT2D eigenvalue weighted by atomic mass is 19.1. The highest BCUT2D eigenvalue weighted by Gasteiger charge is 2.13. The maximum atomic E-state index is 12.7. The Morgan fingerprint density at radius 2 is 1.89 bits per heavy atom. The Kier molecular flexibility index (Phi) is 5.62. The molecule has 0 radical (unpaired) electrons. The van der Waals surface area contributed by atoms with Gasteiger partial charge in [0.25, 0.3) is 5.91 Å². The number of halogens is 1. The van der Waals surface area contributed by atoms with Crippen LogP contribution in [0.15, 0.2) is 24.3 Å². The number of amides is 1. The minimum Gasteiger partial charge on any atom is -0.481 e. The summed E-state index contributed by atoms with van der Waals surface area (Å²) in [5.41, 5.74) is 0. The summed E-state index contributed by atoms with van der Waals surface area (Å²) in [5, 5.41) is 2.81. The molecule has 0 aliphatic rings. The van der Waals surface area contributed by atoms with Crippen molar-refractivity contribution in [1.82, 2.24) is 5.32 Å². The van der Waals surface area contributed by atoms with Crippen molar-refractivity contribution >= 4 is 5.91 Å². The lowest BCUT2D eigenvalue weighted by Gasteiger charge is -2.15. The fraction of sp³-hybridized carbons (Fsp3) is 0.500. The molecule has 0 bridgehead atoms. The molecule has 18 heavy (non-hydrogen) atoms. The lowest BCUT2D eigenvalue weighted by molar-refractivity contribution is -0.127. The van der Waals surface area contributed by atoms with Crippen LogP contribution in [0.4, 0.5) is 4.39 Å². The third kappa shape index (κ3) is 5.17. The van der Waals surface area contributed by atoms with Crippen LogP contribution in [0, 0.1) is 11.7 Å². The minimum atomic E-state index is -0.581. The van der Waals surface area contributed by atoms with Gasteiger partial charge in [0.15, 0.2) is 6.10 Å². The zero-order valence-corrected chi connectivity index (χ0v) is 11.1. The standard InChI is InChI=1S/C14H20FNO2/c1-10(2)8-9-16-14(17)11(3)18-13-6-4-12(15)5-7-13/h4-7,10-11H,8-9H2,1-3H3,(H,16,17). The van der Waals surface area contributed by atoms with Crippen LogP contribution in [-0.2, 0) is 4.79 Å². The molecule has 100 valence electrons. The van der Waals surface area contributed by atoms with Crippen molar-refractivity contribution in [3.63, 3.8) is 0 Å². The van der Waals surface area contributed by atoms with E-state index in [1.807, 2.05) is 0 Å². The summed E-state index contributed by atoms with van der Waals surface area (Å²) < 4.78 is 18.1. The number of hydrogen-bond donors (Lipinski definition) is 1. The first-order chi connectivity index (χ1) is 8.49. The number of carbonyl (C=O) groups is 1. The number of rotatable bonds is 6. The van der Waals surface area contributed by atoms with E-state index in [0.29, 0.717) is 18.2 Å². The van der Waals surface area contributed by atoms with Gasteiger partial charge in [-0.3, -0.25) is 4.79 Å². The largest absolute Gasteiger partial charge is 0.481 e. The smallest absolute Gasteiger partial charge is 0.260 e. The lowest BCUT2D eigenvalue weighted by Crippen LogP contribution is -2.37. The maximum absolute atomic E-state index is 12.7. The Morgan fingerprint density at radius 3 is 2.44 bits per heavy atom. The monoisotopic (exact) mass is 253 g/mol. The predicted octanol–water partition coefficient (Wildman–Crippen LogP) is 2.76. The van der Waals surface area contributed by atoms with Crippen LogP contribution in [0.25, 0.3) is 0 Å². The second kappa shape index (κ2) is 6.99. The van der Waals surface area contributed by atoms with Crippen molar-refractivity contribution in [3.8, 4) is 5.75 Å². The Morgan fingerprint density at radius 1 is 1.28 bits per heavy atom. The highest BCUT2D eigenvalue weighted by Crippen LogP contribution is 2.13. The van der Waals surface area contributed by atoms with E-state index in [1.165, 1.54) is 24.3 Å². The zero-order valence-electron chi connectivity index (χ0n) is 11.1. The lowest BCUT2D eigenvalue weighted by atomic mass is 10.1. The summed E-state index contributed by atoms with van der Waals surface area (Å²) in [5.74, 6) is 0.567. The van der Waals surface area contributed by atoms with Crippen molar-refractivity contribution in [2.24, 2.45) is 5.92 Å². The van der Waals surface area contributed by atoms with Crippen LogP contribution in [0.3, 0.4) is 0 Å². The van der Waals surface area contributed by atoms with Crippen molar-refractivity contribution in [2.45, 2.75) is 33.3 Å². The van der Waals surface area contributed by atoms with Gasteiger partial charge in [0, 0.05) is 6.54 Å². The van der Waals surface area contributed by atoms with E-state index in [4.69, 9.17) is 4.74 Å². The van der Waals surface area contributed by atoms with Crippen molar-refractivity contribution in [1.29, 1.82) is 0 Å². The van der Waals surface area contributed by atoms with Crippen LogP contribution in [0.2, 0.25) is 0 Å². The zero-order chi connectivity index (χ0) is 13.5. The van der Waals surface area contributed by atoms with Gasteiger partial charge in [-0.1, -0.05) is 13.8 Å². The molecule has 1 aromatic carbocycles. The number of ether oxygens (including phenoxy) is 1. The van der Waals surface area contributed by atoms with Gasteiger partial charge in [0.1, 0.15) is 11.6 Å². The van der Waals surface area contributed by atoms with E-state index >= 15 is 0 Å². The fourth-order valence-electron chi connectivity index (χ4n) is 1.40. The van der Waals surface area contributed by atoms with Gasteiger partial charge in [0.2, 0.25) is 0 Å². The molecule has 1 atom stereocenters. The molecule has 0 heterocycles. The van der Waals surface area contributed by atoms with Crippen molar-refractivity contribution in [2.75, 3.05) is 6.54 Å². The van der Waals surface area contributed by atoms with Gasteiger partial charge in [-0.05, 0) is 43.5 Å². The third-order valence-electron chi connectivity index (χ3n) is 2.52. The predicted molar refractivity (Wildman–Crippen MR) is 69.0 cm³/mol. The summed E-state index contributed by atoms with van der Waals surface area (Å²) in [6.07, 6.45) is 0.359. The Balaban J connectivity index is 2.37. The SMILES string of the molecule is CC(C)CCNC(=O)C(C)Oc1ccc(F)cc1. The first-order valence-corrected chi connectivity index (χ1v) is 6.19. The van der Waals surface area contributed by atoms with Crippen LogP contribution in [0.1, 0.15) is 27.2 Å². The molecular formula is C14H20FNO2. The minimum absolute atomic E-state index is 0.153. The molecule has 0 spiro atoms. The van der Waals surface area contributed by atoms with E-state index < -0.39 is 6.10 Å². The summed E-state index contributed by atoms with van der Waals surface area (Å²) >= 11 is 0. The van der Waals surface area contributed by atoms with Crippen molar-refractivity contribution < 1.29 is 13.9 Å². The molecule has 1 amide bonds. The van der Waals surface area contributed by atoms with Crippen LogP contribution in [0.5, 0.6) is 5.75 Å². The van der Waals surface area contributed by atoms with Gasteiger partial charge in [-0.2, -0.15) is 0 Å². The summed E-state index contributed by atoms with van der Waals surface area (Å²) in [4.78, 5) is 11.7. The summed E-state index contributed by atoms with van der Waals surface area (Å²) in [6, 6.07) is 5.62. The van der Waals surface area contributed by atoms with E-state index in [2.05, 4.69) is 19.2 Å². The number of carbonyl (C=O) groups excluding carboxylic acids is 1. The molecule has 4 heteroatoms. The van der Waals surface area contributed by atoms with E-state index in [9.17, 15) is 9.18 Å². The molecule has 3 nitrogen and oxygen atoms in total. The molecule has 1 aromatic rings. The van der Waals surface area contributed by atoms with E-state index in [0.717, 1.165) is 6.42 Å². The molecule has 1 rings (SSSR count). The van der Waals surface area contributed by atoms with E-state index in [-0.39, 0.29) is 11.7 Å². The molecule has 0 saturated heterocycles. The molecular weight excluding hydrogens is 233 g/mol. The molecule has 0 aromatic heterocycles. The summed E-state index contributed by atoms with van der Waals surface area (Å²) in [7, 11) is 0. The van der Waals surface area contributed by atoms with Gasteiger partial charge < -0.3 is 10.1 Å². The van der Waals surface area contributed by atoms with Gasteiger partial charge >= 0.3 is 0 Å². The number of hydrogen-bond acceptors (Lipinski definition) is 2. The third-order valence-corrected chi connectivity index (χ3v) is 2.52. The average molecular weight is 253 g/mol. The number of nitrogens with one attached hydrogen (secondary N) is 1. The molecule has 0 aliphatic heterocycles. The second-order valence-electron chi connectivity index (χ2n) is 4.69. The average Bonchev–Trinajstić information content (AvgIpc) is 2.31. The molecule has 0 fully saturated rings. The number of benzene rings is 1. The first-order valence-electron chi connectivity index (χ1n) is 6.19. The van der Waals surface area contributed by atoms with Gasteiger partial charge in [-0.15, -0.1) is 0 Å².